The lowest BCUT2D eigenvalue weighted by atomic mass is 10.1. The van der Waals surface area contributed by atoms with E-state index in [2.05, 4.69) is 10.3 Å². The number of methoxy groups -OCH3 is 1. The summed E-state index contributed by atoms with van der Waals surface area (Å²) < 4.78 is 5.13. The lowest BCUT2D eigenvalue weighted by molar-refractivity contribution is -0.115. The van der Waals surface area contributed by atoms with Crippen LogP contribution in [0.3, 0.4) is 0 Å². The van der Waals surface area contributed by atoms with Crippen LogP contribution in [0.15, 0.2) is 24.3 Å². The number of nitrogens with one attached hydrogen (secondary N) is 1. The van der Waals surface area contributed by atoms with Gasteiger partial charge in [-0.05, 0) is 31.5 Å². The highest BCUT2D eigenvalue weighted by atomic mass is 32.1. The van der Waals surface area contributed by atoms with Crippen molar-refractivity contribution in [2.45, 2.75) is 20.3 Å². The van der Waals surface area contributed by atoms with Gasteiger partial charge in [0, 0.05) is 4.88 Å². The van der Waals surface area contributed by atoms with E-state index in [0.29, 0.717) is 11.6 Å². The molecule has 2 aromatic rings. The first kappa shape index (κ1) is 13.5. The standard InChI is InChI=1S/C14H16N2O2S/c1-9-10(2)19-14(15-9)16-13(17)8-11-5-4-6-12(7-11)18-3/h4-7H,8H2,1-3H3,(H,15,16,17). The second-order valence-electron chi connectivity index (χ2n) is 4.24. The average Bonchev–Trinajstić information content (AvgIpc) is 2.68. The van der Waals surface area contributed by atoms with Crippen LogP contribution in [0.25, 0.3) is 0 Å². The van der Waals surface area contributed by atoms with Crippen molar-refractivity contribution < 1.29 is 9.53 Å². The number of thiazole rings is 1. The molecular weight excluding hydrogens is 260 g/mol. The van der Waals surface area contributed by atoms with E-state index in [-0.39, 0.29) is 5.91 Å². The van der Waals surface area contributed by atoms with Crippen molar-refractivity contribution in [3.63, 3.8) is 0 Å². The summed E-state index contributed by atoms with van der Waals surface area (Å²) in [6.07, 6.45) is 0.314. The lowest BCUT2D eigenvalue weighted by Gasteiger charge is -2.04. The third-order valence-corrected chi connectivity index (χ3v) is 3.76. The predicted molar refractivity (Wildman–Crippen MR) is 76.9 cm³/mol. The number of amides is 1. The molecule has 19 heavy (non-hydrogen) atoms. The van der Waals surface area contributed by atoms with Crippen molar-refractivity contribution >= 4 is 22.4 Å². The van der Waals surface area contributed by atoms with Gasteiger partial charge in [0.05, 0.1) is 19.2 Å². The highest BCUT2D eigenvalue weighted by molar-refractivity contribution is 7.15. The molecule has 0 saturated carbocycles. The van der Waals surface area contributed by atoms with Gasteiger partial charge in [-0.2, -0.15) is 0 Å². The van der Waals surface area contributed by atoms with E-state index in [0.717, 1.165) is 21.9 Å². The summed E-state index contributed by atoms with van der Waals surface area (Å²) in [7, 11) is 1.61. The average molecular weight is 276 g/mol. The van der Waals surface area contributed by atoms with Crippen molar-refractivity contribution in [1.82, 2.24) is 4.98 Å². The number of aryl methyl sites for hydroxylation is 2. The number of ether oxygens (including phenoxy) is 1. The lowest BCUT2D eigenvalue weighted by Crippen LogP contribution is -2.14. The molecule has 100 valence electrons. The molecule has 0 saturated heterocycles. The highest BCUT2D eigenvalue weighted by Crippen LogP contribution is 2.21. The van der Waals surface area contributed by atoms with E-state index in [4.69, 9.17) is 4.74 Å². The van der Waals surface area contributed by atoms with Crippen LogP contribution >= 0.6 is 11.3 Å². The molecule has 0 aliphatic rings. The minimum Gasteiger partial charge on any atom is -0.497 e. The Kier molecular flexibility index (Phi) is 4.16. The van der Waals surface area contributed by atoms with Gasteiger partial charge in [-0.1, -0.05) is 12.1 Å². The Labute approximate surface area is 116 Å². The second-order valence-corrected chi connectivity index (χ2v) is 5.44. The van der Waals surface area contributed by atoms with Gasteiger partial charge in [-0.3, -0.25) is 4.79 Å². The maximum Gasteiger partial charge on any atom is 0.230 e. The fourth-order valence-corrected chi connectivity index (χ4v) is 2.49. The number of nitrogens with zero attached hydrogens (tertiary/aromatic N) is 1. The molecular formula is C14H16N2O2S. The quantitative estimate of drug-likeness (QED) is 0.934. The van der Waals surface area contributed by atoms with Crippen molar-refractivity contribution in [2.24, 2.45) is 0 Å². The molecule has 0 fully saturated rings. The maximum absolute atomic E-state index is 11.9. The number of hydrogen-bond donors (Lipinski definition) is 1. The molecule has 0 bridgehead atoms. The molecule has 1 amide bonds. The highest BCUT2D eigenvalue weighted by Gasteiger charge is 2.09. The van der Waals surface area contributed by atoms with E-state index in [1.54, 1.807) is 7.11 Å². The van der Waals surface area contributed by atoms with Crippen LogP contribution in [0.4, 0.5) is 5.13 Å². The zero-order valence-corrected chi connectivity index (χ0v) is 12.0. The molecule has 1 N–H and O–H groups in total. The van der Waals surface area contributed by atoms with Gasteiger partial charge in [0.1, 0.15) is 5.75 Å². The van der Waals surface area contributed by atoms with Crippen molar-refractivity contribution in [3.05, 3.63) is 40.4 Å². The minimum absolute atomic E-state index is 0.0676. The first-order chi connectivity index (χ1) is 9.08. The molecule has 0 unspecified atom stereocenters. The molecule has 0 atom stereocenters. The zero-order valence-electron chi connectivity index (χ0n) is 11.2. The minimum atomic E-state index is -0.0676. The Morgan fingerprint density at radius 3 is 2.84 bits per heavy atom. The number of aromatic nitrogens is 1. The number of carbonyl (C=O) groups excluding carboxylic acids is 1. The second kappa shape index (κ2) is 5.84. The number of benzene rings is 1. The Bertz CT molecular complexity index is 573. The van der Waals surface area contributed by atoms with Crippen LogP contribution in [-0.2, 0) is 11.2 Å². The van der Waals surface area contributed by atoms with Crippen molar-refractivity contribution in [2.75, 3.05) is 12.4 Å². The molecule has 5 heteroatoms. The van der Waals surface area contributed by atoms with E-state index >= 15 is 0 Å². The Balaban J connectivity index is 2.00. The number of anilines is 1. The smallest absolute Gasteiger partial charge is 0.230 e. The monoisotopic (exact) mass is 276 g/mol. The van der Waals surface area contributed by atoms with Crippen molar-refractivity contribution in [3.8, 4) is 5.75 Å². The summed E-state index contributed by atoms with van der Waals surface area (Å²) in [5, 5.41) is 3.47. The predicted octanol–water partition coefficient (Wildman–Crippen LogP) is 2.95. The maximum atomic E-state index is 11.9. The summed E-state index contributed by atoms with van der Waals surface area (Å²) in [4.78, 5) is 17.3. The molecule has 0 aliphatic heterocycles. The number of carbonyl (C=O) groups is 1. The third-order valence-electron chi connectivity index (χ3n) is 2.77. The largest absolute Gasteiger partial charge is 0.497 e. The normalized spacial score (nSPS) is 10.3. The summed E-state index contributed by atoms with van der Waals surface area (Å²) in [5.74, 6) is 0.688. The Morgan fingerprint density at radius 1 is 1.42 bits per heavy atom. The number of hydrogen-bond acceptors (Lipinski definition) is 4. The Hall–Kier alpha value is -1.88. The van der Waals surface area contributed by atoms with Gasteiger partial charge in [0.25, 0.3) is 0 Å². The molecule has 0 radical (unpaired) electrons. The van der Waals surface area contributed by atoms with Gasteiger partial charge in [-0.25, -0.2) is 4.98 Å². The van der Waals surface area contributed by atoms with Crippen LogP contribution in [0, 0.1) is 13.8 Å². The van der Waals surface area contributed by atoms with Gasteiger partial charge >= 0.3 is 0 Å². The van der Waals surface area contributed by atoms with Crippen LogP contribution in [0.1, 0.15) is 16.1 Å². The van der Waals surface area contributed by atoms with Crippen LogP contribution in [0.2, 0.25) is 0 Å². The molecule has 1 heterocycles. The summed E-state index contributed by atoms with van der Waals surface area (Å²) >= 11 is 1.49. The fourth-order valence-electron chi connectivity index (χ4n) is 1.66. The van der Waals surface area contributed by atoms with Gasteiger partial charge in [0.15, 0.2) is 5.13 Å². The van der Waals surface area contributed by atoms with E-state index in [1.807, 2.05) is 38.1 Å². The topological polar surface area (TPSA) is 51.2 Å². The molecule has 1 aromatic carbocycles. The summed E-state index contributed by atoms with van der Waals surface area (Å²) in [5.41, 5.74) is 1.88. The van der Waals surface area contributed by atoms with E-state index in [9.17, 15) is 4.79 Å². The first-order valence-corrected chi connectivity index (χ1v) is 6.77. The van der Waals surface area contributed by atoms with Gasteiger partial charge in [0.2, 0.25) is 5.91 Å². The van der Waals surface area contributed by atoms with E-state index < -0.39 is 0 Å². The first-order valence-electron chi connectivity index (χ1n) is 5.95. The summed E-state index contributed by atoms with van der Waals surface area (Å²) in [6, 6.07) is 7.49. The Morgan fingerprint density at radius 2 is 2.21 bits per heavy atom. The molecule has 0 aliphatic carbocycles. The fraction of sp³-hybridized carbons (Fsp3) is 0.286. The van der Waals surface area contributed by atoms with Crippen LogP contribution < -0.4 is 10.1 Å². The van der Waals surface area contributed by atoms with Gasteiger partial charge in [-0.15, -0.1) is 11.3 Å². The molecule has 1 aromatic heterocycles. The van der Waals surface area contributed by atoms with Gasteiger partial charge < -0.3 is 10.1 Å². The SMILES string of the molecule is COc1cccc(CC(=O)Nc2nc(C)c(C)s2)c1. The van der Waals surface area contributed by atoms with Crippen LogP contribution in [-0.4, -0.2) is 18.0 Å². The van der Waals surface area contributed by atoms with E-state index in [1.165, 1.54) is 11.3 Å². The molecule has 0 spiro atoms. The number of rotatable bonds is 4. The third kappa shape index (κ3) is 3.54. The van der Waals surface area contributed by atoms with Crippen LogP contribution in [0.5, 0.6) is 5.75 Å². The molecule has 2 rings (SSSR count). The summed E-state index contributed by atoms with van der Waals surface area (Å²) in [6.45, 7) is 3.92. The molecule has 4 nitrogen and oxygen atoms in total. The van der Waals surface area contributed by atoms with Crippen molar-refractivity contribution in [1.29, 1.82) is 0 Å². The zero-order chi connectivity index (χ0) is 13.8.